The zero-order chi connectivity index (χ0) is 24.2. The van der Waals surface area contributed by atoms with Gasteiger partial charge < -0.3 is 9.15 Å². The number of amides is 1. The number of nitrogens with one attached hydrogen (secondary N) is 1. The van der Waals surface area contributed by atoms with Crippen LogP contribution in [0, 0.1) is 0 Å². The lowest BCUT2D eigenvalue weighted by Gasteiger charge is -2.27. The normalized spacial score (nSPS) is 12.5. The molecule has 0 unspecified atom stereocenters. The Morgan fingerprint density at radius 1 is 1.15 bits per heavy atom. The number of ether oxygens (including phenoxy) is 1. The van der Waals surface area contributed by atoms with Crippen LogP contribution >= 0.6 is 23.2 Å². The van der Waals surface area contributed by atoms with Gasteiger partial charge in [-0.25, -0.2) is 13.8 Å². The maximum absolute atomic E-state index is 12.6. The van der Waals surface area contributed by atoms with Gasteiger partial charge >= 0.3 is 0 Å². The molecule has 1 heterocycles. The van der Waals surface area contributed by atoms with E-state index in [4.69, 9.17) is 32.4 Å². The minimum absolute atomic E-state index is 0.320. The molecule has 3 aromatic rings. The van der Waals surface area contributed by atoms with Crippen LogP contribution < -0.4 is 14.5 Å². The Balaban J connectivity index is 1.71. The van der Waals surface area contributed by atoms with Crippen molar-refractivity contribution in [2.24, 2.45) is 5.10 Å². The van der Waals surface area contributed by atoms with Crippen molar-refractivity contribution >= 4 is 51.0 Å². The van der Waals surface area contributed by atoms with Gasteiger partial charge in [-0.1, -0.05) is 23.2 Å². The van der Waals surface area contributed by atoms with E-state index >= 15 is 0 Å². The first-order valence-corrected chi connectivity index (χ1v) is 12.2. The van der Waals surface area contributed by atoms with Crippen LogP contribution in [0.15, 0.2) is 64.1 Å². The number of hydrogen-bond acceptors (Lipinski definition) is 6. The molecule has 0 aliphatic heterocycles. The van der Waals surface area contributed by atoms with E-state index in [0.29, 0.717) is 38.6 Å². The van der Waals surface area contributed by atoms with Crippen LogP contribution in [0.5, 0.6) is 5.75 Å². The molecule has 0 aliphatic carbocycles. The summed E-state index contributed by atoms with van der Waals surface area (Å²) in [6.07, 6.45) is 2.33. The summed E-state index contributed by atoms with van der Waals surface area (Å²) in [5, 5.41) is 4.82. The van der Waals surface area contributed by atoms with Crippen molar-refractivity contribution in [3.63, 3.8) is 0 Å². The van der Waals surface area contributed by atoms with Crippen LogP contribution in [0.2, 0.25) is 10.0 Å². The fourth-order valence-electron chi connectivity index (χ4n) is 3.05. The first kappa shape index (κ1) is 24.6. The first-order chi connectivity index (χ1) is 15.6. The van der Waals surface area contributed by atoms with Crippen molar-refractivity contribution in [1.29, 1.82) is 0 Å². The third kappa shape index (κ3) is 6.07. The van der Waals surface area contributed by atoms with E-state index in [-0.39, 0.29) is 0 Å². The third-order valence-corrected chi connectivity index (χ3v) is 6.39. The van der Waals surface area contributed by atoms with E-state index < -0.39 is 22.0 Å². The third-order valence-electron chi connectivity index (χ3n) is 4.61. The summed E-state index contributed by atoms with van der Waals surface area (Å²) in [5.74, 6) is 0.797. The van der Waals surface area contributed by atoms with Crippen molar-refractivity contribution in [1.82, 2.24) is 5.43 Å². The number of methoxy groups -OCH3 is 1. The van der Waals surface area contributed by atoms with Crippen molar-refractivity contribution in [3.05, 3.63) is 70.4 Å². The molecule has 3 rings (SSSR count). The van der Waals surface area contributed by atoms with Crippen LogP contribution in [-0.2, 0) is 14.8 Å². The molecule has 1 amide bonds. The fraction of sp³-hybridized carbons (Fsp3) is 0.182. The number of furan rings is 1. The lowest BCUT2D eigenvalue weighted by molar-refractivity contribution is -0.121. The minimum Gasteiger partial charge on any atom is -0.497 e. The summed E-state index contributed by atoms with van der Waals surface area (Å²) in [7, 11) is -2.25. The summed E-state index contributed by atoms with van der Waals surface area (Å²) in [4.78, 5) is 12.6. The predicted molar refractivity (Wildman–Crippen MR) is 130 cm³/mol. The van der Waals surface area contributed by atoms with E-state index in [1.165, 1.54) is 20.2 Å². The Morgan fingerprint density at radius 2 is 1.85 bits per heavy atom. The average Bonchev–Trinajstić information content (AvgIpc) is 3.21. The summed E-state index contributed by atoms with van der Waals surface area (Å²) in [6, 6.07) is 13.6. The molecule has 2 aromatic carbocycles. The SMILES string of the molecule is COc1ccc(N([C@@H](C)C(=O)N/N=C\c2ccc(-c3ccc(Cl)cc3Cl)o2)S(C)(=O)=O)cc1. The van der Waals surface area contributed by atoms with Gasteiger partial charge in [0.1, 0.15) is 23.3 Å². The van der Waals surface area contributed by atoms with Gasteiger partial charge in [-0.3, -0.25) is 9.10 Å². The van der Waals surface area contributed by atoms with E-state index in [0.717, 1.165) is 10.6 Å². The number of rotatable bonds is 8. The van der Waals surface area contributed by atoms with Gasteiger partial charge in [0.25, 0.3) is 5.91 Å². The molecular weight excluding hydrogens is 489 g/mol. The minimum atomic E-state index is -3.75. The molecule has 1 aromatic heterocycles. The zero-order valence-electron chi connectivity index (χ0n) is 18.0. The number of sulfonamides is 1. The van der Waals surface area contributed by atoms with E-state index in [2.05, 4.69) is 10.5 Å². The molecule has 0 spiro atoms. The molecule has 33 heavy (non-hydrogen) atoms. The number of hydrogen-bond donors (Lipinski definition) is 1. The van der Waals surface area contributed by atoms with Crippen LogP contribution in [-0.4, -0.2) is 39.9 Å². The predicted octanol–water partition coefficient (Wildman–Crippen LogP) is 4.57. The number of hydrazone groups is 1. The fourth-order valence-corrected chi connectivity index (χ4v) is 4.72. The second-order valence-electron chi connectivity index (χ2n) is 6.99. The highest BCUT2D eigenvalue weighted by molar-refractivity contribution is 7.92. The van der Waals surface area contributed by atoms with Crippen molar-refractivity contribution in [3.8, 4) is 17.1 Å². The number of anilines is 1. The summed E-state index contributed by atoms with van der Waals surface area (Å²) in [5.41, 5.74) is 3.31. The highest BCUT2D eigenvalue weighted by atomic mass is 35.5. The molecule has 0 fully saturated rings. The highest BCUT2D eigenvalue weighted by Gasteiger charge is 2.29. The molecule has 0 bridgehead atoms. The largest absolute Gasteiger partial charge is 0.497 e. The van der Waals surface area contributed by atoms with Crippen LogP contribution in [0.1, 0.15) is 12.7 Å². The van der Waals surface area contributed by atoms with Crippen molar-refractivity contribution < 1.29 is 22.4 Å². The number of carbonyl (C=O) groups is 1. The van der Waals surface area contributed by atoms with Gasteiger partial charge in [0.2, 0.25) is 10.0 Å². The molecular formula is C22H21Cl2N3O5S. The number of carbonyl (C=O) groups excluding carboxylic acids is 1. The molecule has 1 atom stereocenters. The number of halogens is 2. The van der Waals surface area contributed by atoms with Gasteiger partial charge in [0.15, 0.2) is 0 Å². The molecule has 0 radical (unpaired) electrons. The summed E-state index contributed by atoms with van der Waals surface area (Å²) >= 11 is 12.1. The Kier molecular flexibility index (Phi) is 7.68. The molecule has 1 N–H and O–H groups in total. The van der Waals surface area contributed by atoms with Crippen molar-refractivity contribution in [2.45, 2.75) is 13.0 Å². The number of benzene rings is 2. The Labute approximate surface area is 201 Å². The van der Waals surface area contributed by atoms with E-state index in [1.54, 1.807) is 54.6 Å². The second-order valence-corrected chi connectivity index (χ2v) is 9.70. The Hall–Kier alpha value is -3.01. The van der Waals surface area contributed by atoms with Gasteiger partial charge in [-0.15, -0.1) is 0 Å². The van der Waals surface area contributed by atoms with Crippen LogP contribution in [0.4, 0.5) is 5.69 Å². The number of nitrogens with zero attached hydrogens (tertiary/aromatic N) is 2. The average molecular weight is 510 g/mol. The molecule has 0 saturated heterocycles. The lowest BCUT2D eigenvalue weighted by Crippen LogP contribution is -2.46. The molecule has 174 valence electrons. The quantitative estimate of drug-likeness (QED) is 0.354. The molecule has 0 saturated carbocycles. The van der Waals surface area contributed by atoms with Crippen LogP contribution in [0.25, 0.3) is 11.3 Å². The topological polar surface area (TPSA) is 101 Å². The van der Waals surface area contributed by atoms with Gasteiger partial charge in [-0.05, 0) is 61.5 Å². The second kappa shape index (κ2) is 10.3. The van der Waals surface area contributed by atoms with E-state index in [9.17, 15) is 13.2 Å². The summed E-state index contributed by atoms with van der Waals surface area (Å²) in [6.45, 7) is 1.46. The molecule has 11 heteroatoms. The Morgan fingerprint density at radius 3 is 2.45 bits per heavy atom. The summed E-state index contributed by atoms with van der Waals surface area (Å²) < 4.78 is 36.5. The van der Waals surface area contributed by atoms with Gasteiger partial charge in [0.05, 0.1) is 30.3 Å². The standard InChI is InChI=1S/C22H21Cl2N3O5S/c1-14(27(33(3,29)30)16-5-7-17(31-2)8-6-16)22(28)26-25-13-18-9-11-21(32-18)19-10-4-15(23)12-20(19)24/h4-14H,1-3H3,(H,26,28)/b25-13-/t14-/m0/s1. The molecule has 0 aliphatic rings. The van der Waals surface area contributed by atoms with Gasteiger partial charge in [0, 0.05) is 10.6 Å². The van der Waals surface area contributed by atoms with E-state index in [1.807, 2.05) is 0 Å². The molecule has 8 nitrogen and oxygen atoms in total. The maximum Gasteiger partial charge on any atom is 0.263 e. The maximum atomic E-state index is 12.6. The van der Waals surface area contributed by atoms with Crippen LogP contribution in [0.3, 0.4) is 0 Å². The van der Waals surface area contributed by atoms with Crippen molar-refractivity contribution in [2.75, 3.05) is 17.7 Å². The monoisotopic (exact) mass is 509 g/mol. The zero-order valence-corrected chi connectivity index (χ0v) is 20.3. The first-order valence-electron chi connectivity index (χ1n) is 9.62. The van der Waals surface area contributed by atoms with Gasteiger partial charge in [-0.2, -0.15) is 5.10 Å². The lowest BCUT2D eigenvalue weighted by atomic mass is 10.2. The Bertz CT molecular complexity index is 1270. The highest BCUT2D eigenvalue weighted by Crippen LogP contribution is 2.31. The smallest absolute Gasteiger partial charge is 0.263 e.